The molecule has 2 aromatic carbocycles. The Hall–Kier alpha value is -2.62. The van der Waals surface area contributed by atoms with Crippen molar-refractivity contribution in [3.8, 4) is 0 Å². The standard InChI is InChI=1S/C20H22N4O3S2/c1-3-17(16-12-8-5-9-13-16)18(25)21-19-22-23-20(28-19)29(26,27)24(2)14-15-10-6-4-7-11-15/h4-13,17H,3,14H2,1-2H3,(H,21,22,25). The Kier molecular flexibility index (Phi) is 6.73. The fourth-order valence-corrected chi connectivity index (χ4v) is 5.12. The molecule has 1 atom stereocenters. The molecule has 1 heterocycles. The van der Waals surface area contributed by atoms with Gasteiger partial charge in [0.25, 0.3) is 10.0 Å². The second kappa shape index (κ2) is 9.25. The van der Waals surface area contributed by atoms with Crippen molar-refractivity contribution in [2.24, 2.45) is 0 Å². The highest BCUT2D eigenvalue weighted by molar-refractivity contribution is 7.91. The Labute approximate surface area is 174 Å². The highest BCUT2D eigenvalue weighted by Gasteiger charge is 2.27. The van der Waals surface area contributed by atoms with Crippen molar-refractivity contribution in [3.63, 3.8) is 0 Å². The molecular weight excluding hydrogens is 408 g/mol. The second-order valence-corrected chi connectivity index (χ2v) is 9.68. The lowest BCUT2D eigenvalue weighted by Gasteiger charge is -2.15. The monoisotopic (exact) mass is 430 g/mol. The first kappa shape index (κ1) is 21.1. The molecule has 1 unspecified atom stereocenters. The van der Waals surface area contributed by atoms with Gasteiger partial charge in [0.15, 0.2) is 0 Å². The van der Waals surface area contributed by atoms with Crippen molar-refractivity contribution in [1.29, 1.82) is 0 Å². The highest BCUT2D eigenvalue weighted by atomic mass is 32.2. The molecule has 152 valence electrons. The number of hydrogen-bond donors (Lipinski definition) is 1. The molecule has 0 spiro atoms. The van der Waals surface area contributed by atoms with Gasteiger partial charge in [0.2, 0.25) is 15.4 Å². The lowest BCUT2D eigenvalue weighted by Crippen LogP contribution is -2.26. The van der Waals surface area contributed by atoms with Gasteiger partial charge >= 0.3 is 0 Å². The molecule has 1 N–H and O–H groups in total. The predicted molar refractivity (Wildman–Crippen MR) is 113 cm³/mol. The maximum atomic E-state index is 12.8. The number of aromatic nitrogens is 2. The van der Waals surface area contributed by atoms with Gasteiger partial charge < -0.3 is 0 Å². The molecular formula is C20H22N4O3S2. The minimum absolute atomic E-state index is 0.154. The molecule has 0 bridgehead atoms. The van der Waals surface area contributed by atoms with Gasteiger partial charge in [0.05, 0.1) is 5.92 Å². The van der Waals surface area contributed by atoms with E-state index in [0.29, 0.717) is 6.42 Å². The average molecular weight is 431 g/mol. The van der Waals surface area contributed by atoms with Crippen LogP contribution >= 0.6 is 11.3 Å². The molecule has 9 heteroatoms. The average Bonchev–Trinajstić information content (AvgIpc) is 3.19. The maximum absolute atomic E-state index is 12.8. The van der Waals surface area contributed by atoms with Crippen molar-refractivity contribution in [2.75, 3.05) is 12.4 Å². The van der Waals surface area contributed by atoms with E-state index in [1.54, 1.807) is 0 Å². The Balaban J connectivity index is 1.71. The lowest BCUT2D eigenvalue weighted by molar-refractivity contribution is -0.117. The van der Waals surface area contributed by atoms with Crippen LogP contribution in [0.4, 0.5) is 5.13 Å². The van der Waals surface area contributed by atoms with Gasteiger partial charge in [-0.15, -0.1) is 10.2 Å². The Morgan fingerprint density at radius 2 is 1.69 bits per heavy atom. The number of nitrogens with zero attached hydrogens (tertiary/aromatic N) is 3. The number of rotatable bonds is 8. The van der Waals surface area contributed by atoms with E-state index in [2.05, 4.69) is 15.5 Å². The van der Waals surface area contributed by atoms with Crippen molar-refractivity contribution < 1.29 is 13.2 Å². The fraction of sp³-hybridized carbons (Fsp3) is 0.250. The molecule has 1 aromatic heterocycles. The number of carbonyl (C=O) groups is 1. The number of sulfonamides is 1. The summed E-state index contributed by atoms with van der Waals surface area (Å²) in [4.78, 5) is 12.6. The van der Waals surface area contributed by atoms with E-state index in [-0.39, 0.29) is 27.8 Å². The fourth-order valence-electron chi connectivity index (χ4n) is 2.87. The van der Waals surface area contributed by atoms with Crippen LogP contribution in [-0.2, 0) is 21.4 Å². The minimum atomic E-state index is -3.80. The summed E-state index contributed by atoms with van der Waals surface area (Å²) < 4.78 is 26.6. The molecule has 3 rings (SSSR count). The zero-order valence-corrected chi connectivity index (χ0v) is 17.8. The van der Waals surface area contributed by atoms with E-state index in [9.17, 15) is 13.2 Å². The van der Waals surface area contributed by atoms with Gasteiger partial charge in [-0.3, -0.25) is 10.1 Å². The second-order valence-electron chi connectivity index (χ2n) is 6.48. The maximum Gasteiger partial charge on any atom is 0.272 e. The van der Waals surface area contributed by atoms with Crippen LogP contribution in [0.5, 0.6) is 0 Å². The largest absolute Gasteiger partial charge is 0.300 e. The van der Waals surface area contributed by atoms with Gasteiger partial charge in [0, 0.05) is 13.6 Å². The third kappa shape index (κ3) is 5.06. The molecule has 0 radical (unpaired) electrons. The molecule has 0 aliphatic carbocycles. The Morgan fingerprint density at radius 1 is 1.07 bits per heavy atom. The molecule has 0 aliphatic rings. The van der Waals surface area contributed by atoms with Crippen LogP contribution in [0.2, 0.25) is 0 Å². The van der Waals surface area contributed by atoms with Gasteiger partial charge in [0.1, 0.15) is 0 Å². The van der Waals surface area contributed by atoms with Crippen LogP contribution in [0, 0.1) is 0 Å². The first-order valence-electron chi connectivity index (χ1n) is 9.11. The molecule has 29 heavy (non-hydrogen) atoms. The highest BCUT2D eigenvalue weighted by Crippen LogP contribution is 2.26. The molecule has 1 amide bonds. The van der Waals surface area contributed by atoms with Crippen LogP contribution in [0.25, 0.3) is 0 Å². The predicted octanol–water partition coefficient (Wildman–Crippen LogP) is 3.49. The summed E-state index contributed by atoms with van der Waals surface area (Å²) in [6.07, 6.45) is 0.611. The first-order chi connectivity index (χ1) is 13.9. The zero-order valence-electron chi connectivity index (χ0n) is 16.1. The summed E-state index contributed by atoms with van der Waals surface area (Å²) in [5.74, 6) is -0.586. The molecule has 0 saturated heterocycles. The van der Waals surface area contributed by atoms with E-state index in [1.807, 2.05) is 67.6 Å². The van der Waals surface area contributed by atoms with Crippen molar-refractivity contribution in [3.05, 3.63) is 71.8 Å². The normalized spacial score (nSPS) is 12.7. The van der Waals surface area contributed by atoms with Crippen LogP contribution < -0.4 is 5.32 Å². The summed E-state index contributed by atoms with van der Waals surface area (Å²) in [5, 5.41) is 10.5. The smallest absolute Gasteiger partial charge is 0.272 e. The number of benzene rings is 2. The van der Waals surface area contributed by atoms with E-state index in [4.69, 9.17) is 0 Å². The third-order valence-electron chi connectivity index (χ3n) is 4.44. The van der Waals surface area contributed by atoms with E-state index >= 15 is 0 Å². The molecule has 0 saturated carbocycles. The Morgan fingerprint density at radius 3 is 2.31 bits per heavy atom. The quantitative estimate of drug-likeness (QED) is 0.552. The van der Waals surface area contributed by atoms with Crippen LogP contribution in [-0.4, -0.2) is 35.9 Å². The van der Waals surface area contributed by atoms with Crippen LogP contribution in [0.15, 0.2) is 65.0 Å². The van der Waals surface area contributed by atoms with Crippen molar-refractivity contribution >= 4 is 32.4 Å². The number of nitrogens with one attached hydrogen (secondary N) is 1. The Bertz CT molecular complexity index is 1050. The topological polar surface area (TPSA) is 92.3 Å². The van der Waals surface area contributed by atoms with Gasteiger partial charge in [-0.25, -0.2) is 8.42 Å². The number of anilines is 1. The number of hydrogen-bond acceptors (Lipinski definition) is 6. The summed E-state index contributed by atoms with van der Waals surface area (Å²) in [6.45, 7) is 2.14. The third-order valence-corrected chi connectivity index (χ3v) is 7.43. The zero-order chi connectivity index (χ0) is 20.9. The molecule has 3 aromatic rings. The number of carbonyl (C=O) groups excluding carboxylic acids is 1. The van der Waals surface area contributed by atoms with Crippen molar-refractivity contribution in [1.82, 2.24) is 14.5 Å². The van der Waals surface area contributed by atoms with Gasteiger partial charge in [-0.1, -0.05) is 78.9 Å². The summed E-state index contributed by atoms with van der Waals surface area (Å²) in [7, 11) is -2.31. The van der Waals surface area contributed by atoms with E-state index in [0.717, 1.165) is 22.5 Å². The summed E-state index contributed by atoms with van der Waals surface area (Å²) in [5.41, 5.74) is 1.76. The molecule has 0 aliphatic heterocycles. The molecule has 0 fully saturated rings. The van der Waals surface area contributed by atoms with Crippen LogP contribution in [0.1, 0.15) is 30.4 Å². The summed E-state index contributed by atoms with van der Waals surface area (Å²) in [6, 6.07) is 18.7. The first-order valence-corrected chi connectivity index (χ1v) is 11.4. The van der Waals surface area contributed by atoms with E-state index in [1.165, 1.54) is 11.4 Å². The van der Waals surface area contributed by atoms with Crippen molar-refractivity contribution in [2.45, 2.75) is 30.1 Å². The van der Waals surface area contributed by atoms with Gasteiger partial charge in [-0.05, 0) is 17.5 Å². The number of amides is 1. The van der Waals surface area contributed by atoms with Gasteiger partial charge in [-0.2, -0.15) is 4.31 Å². The SMILES string of the molecule is CCC(C(=O)Nc1nnc(S(=O)(=O)N(C)Cc2ccccc2)s1)c1ccccc1. The van der Waals surface area contributed by atoms with Crippen LogP contribution in [0.3, 0.4) is 0 Å². The van der Waals surface area contributed by atoms with E-state index < -0.39 is 10.0 Å². The minimum Gasteiger partial charge on any atom is -0.300 e. The summed E-state index contributed by atoms with van der Waals surface area (Å²) >= 11 is 0.846. The lowest BCUT2D eigenvalue weighted by atomic mass is 9.96. The molecule has 7 nitrogen and oxygen atoms in total.